The molecule has 13 heavy (non-hydrogen) atoms. The molecule has 1 amide bonds. The summed E-state index contributed by atoms with van der Waals surface area (Å²) in [7, 11) is 0. The van der Waals surface area contributed by atoms with E-state index in [-0.39, 0.29) is 11.9 Å². The van der Waals surface area contributed by atoms with E-state index >= 15 is 0 Å². The molecule has 1 atom stereocenters. The molecule has 1 unspecified atom stereocenters. The first kappa shape index (κ1) is 8.69. The van der Waals surface area contributed by atoms with Crippen molar-refractivity contribution >= 4 is 28.1 Å². The van der Waals surface area contributed by atoms with Crippen LogP contribution in [0.3, 0.4) is 0 Å². The van der Waals surface area contributed by atoms with Gasteiger partial charge >= 0.3 is 0 Å². The maximum atomic E-state index is 11.2. The molecule has 0 aromatic rings. The van der Waals surface area contributed by atoms with Crippen LogP contribution in [-0.2, 0) is 4.79 Å². The first-order chi connectivity index (χ1) is 6.20. The van der Waals surface area contributed by atoms with Crippen LogP contribution in [-0.4, -0.2) is 23.2 Å². The predicted octanol–water partition coefficient (Wildman–Crippen LogP) is 1.81. The van der Waals surface area contributed by atoms with Gasteiger partial charge in [-0.15, -0.1) is 0 Å². The van der Waals surface area contributed by atoms with Gasteiger partial charge in [0.2, 0.25) is 5.91 Å². The average molecular weight is 241 g/mol. The maximum absolute atomic E-state index is 11.2. The molecule has 0 aromatic carbocycles. The van der Waals surface area contributed by atoms with Crippen LogP contribution in [0.25, 0.3) is 0 Å². The summed E-state index contributed by atoms with van der Waals surface area (Å²) in [6, 6.07) is 0.108. The van der Waals surface area contributed by atoms with Crippen molar-refractivity contribution < 1.29 is 4.79 Å². The Kier molecular flexibility index (Phi) is 2.07. The Balaban J connectivity index is 2.34. The molecule has 4 heteroatoms. The van der Waals surface area contributed by atoms with E-state index in [2.05, 4.69) is 21.0 Å². The van der Waals surface area contributed by atoms with Gasteiger partial charge in [0.25, 0.3) is 0 Å². The average Bonchev–Trinajstić information content (AvgIpc) is 2.48. The third-order valence-electron chi connectivity index (χ3n) is 2.20. The molecule has 1 aliphatic heterocycles. The topological polar surface area (TPSA) is 32.7 Å². The van der Waals surface area contributed by atoms with Crippen molar-refractivity contribution in [1.29, 1.82) is 0 Å². The third kappa shape index (κ3) is 1.35. The molecule has 68 valence electrons. The van der Waals surface area contributed by atoms with Crippen LogP contribution >= 0.6 is 15.9 Å². The van der Waals surface area contributed by atoms with Crippen molar-refractivity contribution in [2.45, 2.75) is 19.4 Å². The van der Waals surface area contributed by atoms with E-state index in [0.717, 1.165) is 16.5 Å². The quantitative estimate of drug-likeness (QED) is 0.636. The molecular formula is C9H9BrN2O. The van der Waals surface area contributed by atoms with Crippen LogP contribution in [0, 0.1) is 0 Å². The number of hydrogen-bond donors (Lipinski definition) is 0. The van der Waals surface area contributed by atoms with Gasteiger partial charge < -0.3 is 0 Å². The number of hydrogen-bond acceptors (Lipinski definition) is 2. The van der Waals surface area contributed by atoms with Gasteiger partial charge in [-0.2, -0.15) is 5.10 Å². The summed E-state index contributed by atoms with van der Waals surface area (Å²) in [6.45, 7) is 1.53. The molecular weight excluding hydrogens is 232 g/mol. The van der Waals surface area contributed by atoms with Crippen molar-refractivity contribution in [3.63, 3.8) is 0 Å². The van der Waals surface area contributed by atoms with E-state index in [0.29, 0.717) is 0 Å². The van der Waals surface area contributed by atoms with E-state index in [1.807, 2.05) is 12.2 Å². The van der Waals surface area contributed by atoms with E-state index in [9.17, 15) is 4.79 Å². The fourth-order valence-corrected chi connectivity index (χ4v) is 2.12. The third-order valence-corrected chi connectivity index (χ3v) is 2.92. The molecule has 0 aromatic heterocycles. The Morgan fingerprint density at radius 2 is 2.54 bits per heavy atom. The Bertz CT molecular complexity index is 344. The minimum atomic E-state index is -0.00755. The molecule has 0 saturated heterocycles. The monoisotopic (exact) mass is 240 g/mol. The Morgan fingerprint density at radius 1 is 1.77 bits per heavy atom. The summed E-state index contributed by atoms with van der Waals surface area (Å²) < 4.78 is 1.02. The number of fused-ring (bicyclic) bond motifs is 1. The fourth-order valence-electron chi connectivity index (χ4n) is 1.57. The van der Waals surface area contributed by atoms with Gasteiger partial charge in [0.1, 0.15) is 0 Å². The number of amides is 1. The number of carbonyl (C=O) groups excluding carboxylic acids is 1. The lowest BCUT2D eigenvalue weighted by Gasteiger charge is -2.22. The van der Waals surface area contributed by atoms with Gasteiger partial charge in [-0.05, 0) is 6.42 Å². The highest BCUT2D eigenvalue weighted by molar-refractivity contribution is 9.11. The van der Waals surface area contributed by atoms with Crippen LogP contribution in [0.2, 0.25) is 0 Å². The number of halogens is 1. The molecule has 0 saturated carbocycles. The van der Waals surface area contributed by atoms with Crippen LogP contribution < -0.4 is 0 Å². The fraction of sp³-hybridized carbons (Fsp3) is 0.333. The van der Waals surface area contributed by atoms with Gasteiger partial charge in [0.15, 0.2) is 0 Å². The summed E-state index contributed by atoms with van der Waals surface area (Å²) in [6.07, 6.45) is 6.65. The lowest BCUT2D eigenvalue weighted by Crippen LogP contribution is -2.32. The van der Waals surface area contributed by atoms with Crippen LogP contribution in [0.15, 0.2) is 27.3 Å². The molecule has 0 radical (unpaired) electrons. The summed E-state index contributed by atoms with van der Waals surface area (Å²) in [4.78, 5) is 11.2. The highest BCUT2D eigenvalue weighted by Crippen LogP contribution is 2.30. The molecule has 0 N–H and O–H groups in total. The van der Waals surface area contributed by atoms with E-state index < -0.39 is 0 Å². The number of carbonyl (C=O) groups is 1. The van der Waals surface area contributed by atoms with Crippen molar-refractivity contribution in [3.05, 3.63) is 22.2 Å². The minimum Gasteiger partial charge on any atom is -0.273 e. The lowest BCUT2D eigenvalue weighted by atomic mass is 10.0. The molecule has 0 bridgehead atoms. The largest absolute Gasteiger partial charge is 0.273 e. The molecule has 3 nitrogen and oxygen atoms in total. The van der Waals surface area contributed by atoms with Gasteiger partial charge in [-0.25, -0.2) is 5.01 Å². The van der Waals surface area contributed by atoms with Gasteiger partial charge in [0.05, 0.1) is 12.3 Å². The summed E-state index contributed by atoms with van der Waals surface area (Å²) in [5.41, 5.74) is 1.10. The number of rotatable bonds is 0. The Morgan fingerprint density at radius 3 is 3.23 bits per heavy atom. The second-order valence-corrected chi connectivity index (χ2v) is 3.92. The molecule has 0 fully saturated rings. The molecule has 2 aliphatic rings. The second-order valence-electron chi connectivity index (χ2n) is 3.07. The van der Waals surface area contributed by atoms with Crippen molar-refractivity contribution in [1.82, 2.24) is 5.01 Å². The van der Waals surface area contributed by atoms with Crippen LogP contribution in [0.1, 0.15) is 13.3 Å². The second kappa shape index (κ2) is 3.10. The normalized spacial score (nSPS) is 25.4. The van der Waals surface area contributed by atoms with Crippen molar-refractivity contribution in [2.24, 2.45) is 5.10 Å². The number of nitrogens with zero attached hydrogens (tertiary/aromatic N) is 2. The highest BCUT2D eigenvalue weighted by Gasteiger charge is 2.30. The zero-order chi connectivity index (χ0) is 9.42. The van der Waals surface area contributed by atoms with Gasteiger partial charge in [-0.3, -0.25) is 4.79 Å². The van der Waals surface area contributed by atoms with Gasteiger partial charge in [-0.1, -0.05) is 28.1 Å². The van der Waals surface area contributed by atoms with Crippen LogP contribution in [0.4, 0.5) is 0 Å². The Labute approximate surface area is 84.9 Å². The standard InChI is InChI=1S/C9H9BrN2O/c1-6(13)12-9-4-2-3-8(10)7(9)5-11-12/h2-3,5,9H,4H2,1H3. The van der Waals surface area contributed by atoms with Crippen LogP contribution in [0.5, 0.6) is 0 Å². The smallest absolute Gasteiger partial charge is 0.240 e. The molecule has 1 heterocycles. The summed E-state index contributed by atoms with van der Waals surface area (Å²) >= 11 is 3.44. The van der Waals surface area contributed by atoms with Crippen molar-refractivity contribution in [2.75, 3.05) is 0 Å². The van der Waals surface area contributed by atoms with E-state index in [1.54, 1.807) is 6.21 Å². The molecule has 1 aliphatic carbocycles. The summed E-state index contributed by atoms with van der Waals surface area (Å²) in [5, 5.41) is 5.59. The van der Waals surface area contributed by atoms with Gasteiger partial charge in [0, 0.05) is 17.0 Å². The first-order valence-corrected chi connectivity index (χ1v) is 4.89. The predicted molar refractivity (Wildman–Crippen MR) is 54.5 cm³/mol. The highest BCUT2D eigenvalue weighted by atomic mass is 79.9. The molecule has 2 rings (SSSR count). The minimum absolute atomic E-state index is 0.00755. The summed E-state index contributed by atoms with van der Waals surface area (Å²) in [5.74, 6) is -0.00755. The zero-order valence-corrected chi connectivity index (χ0v) is 8.78. The van der Waals surface area contributed by atoms with Crippen molar-refractivity contribution in [3.8, 4) is 0 Å². The van der Waals surface area contributed by atoms with E-state index in [4.69, 9.17) is 0 Å². The van der Waals surface area contributed by atoms with E-state index in [1.165, 1.54) is 11.9 Å². The SMILES string of the molecule is CC(=O)N1N=CC2=C(Br)C=CCC21. The Hall–Kier alpha value is -0.900. The maximum Gasteiger partial charge on any atom is 0.240 e. The molecule has 0 spiro atoms. The lowest BCUT2D eigenvalue weighted by molar-refractivity contribution is -0.129. The number of allylic oxidation sites excluding steroid dienone is 2. The zero-order valence-electron chi connectivity index (χ0n) is 7.20. The first-order valence-electron chi connectivity index (χ1n) is 4.10. The number of hydrazone groups is 1.